The normalized spacial score (nSPS) is 15.2. The smallest absolute Gasteiger partial charge is 0.243 e. The van der Waals surface area contributed by atoms with E-state index in [-0.39, 0.29) is 16.6 Å². The molecule has 1 saturated heterocycles. The number of rotatable bonds is 7. The van der Waals surface area contributed by atoms with Gasteiger partial charge < -0.3 is 5.32 Å². The van der Waals surface area contributed by atoms with E-state index in [9.17, 15) is 13.2 Å². The van der Waals surface area contributed by atoms with Gasteiger partial charge in [-0.1, -0.05) is 24.2 Å². The number of H-pyrrole nitrogens is 1. The van der Waals surface area contributed by atoms with Gasteiger partial charge in [-0.15, -0.1) is 16.4 Å². The van der Waals surface area contributed by atoms with Crippen LogP contribution in [0, 0.1) is 0 Å². The summed E-state index contributed by atoms with van der Waals surface area (Å²) in [4.78, 5) is 17.8. The highest BCUT2D eigenvalue weighted by atomic mass is 32.2. The van der Waals surface area contributed by atoms with Crippen molar-refractivity contribution in [1.29, 1.82) is 0 Å². The summed E-state index contributed by atoms with van der Waals surface area (Å²) < 4.78 is 26.9. The number of amides is 1. The van der Waals surface area contributed by atoms with Gasteiger partial charge in [-0.25, -0.2) is 13.4 Å². The molecule has 8 nitrogen and oxygen atoms in total. The molecule has 158 valence electrons. The van der Waals surface area contributed by atoms with Crippen LogP contribution in [-0.2, 0) is 14.8 Å². The Morgan fingerprint density at radius 2 is 1.93 bits per heavy atom. The molecule has 0 atom stereocenters. The lowest BCUT2D eigenvalue weighted by Gasteiger charge is -2.25. The van der Waals surface area contributed by atoms with E-state index in [2.05, 4.69) is 20.5 Å². The number of hydrogen-bond donors (Lipinski definition) is 2. The zero-order chi connectivity index (χ0) is 21.0. The zero-order valence-corrected chi connectivity index (χ0v) is 18.5. The lowest BCUT2D eigenvalue weighted by atomic mass is 10.2. The van der Waals surface area contributed by atoms with E-state index in [4.69, 9.17) is 0 Å². The second-order valence-electron chi connectivity index (χ2n) is 6.77. The van der Waals surface area contributed by atoms with Crippen LogP contribution in [0.2, 0.25) is 0 Å². The first-order chi connectivity index (χ1) is 14.5. The van der Waals surface area contributed by atoms with Crippen LogP contribution in [0.5, 0.6) is 0 Å². The number of nitrogens with zero attached hydrogens (tertiary/aromatic N) is 3. The Labute approximate surface area is 183 Å². The molecule has 1 aliphatic heterocycles. The summed E-state index contributed by atoms with van der Waals surface area (Å²) in [6.45, 7) is 1.13. The lowest BCUT2D eigenvalue weighted by molar-refractivity contribution is -0.113. The third kappa shape index (κ3) is 4.91. The van der Waals surface area contributed by atoms with Crippen molar-refractivity contribution in [2.45, 2.75) is 29.3 Å². The minimum atomic E-state index is -3.47. The molecule has 0 radical (unpaired) electrons. The topological polar surface area (TPSA) is 108 Å². The second kappa shape index (κ2) is 9.29. The quantitative estimate of drug-likeness (QED) is 0.520. The minimum absolute atomic E-state index is 0.148. The Morgan fingerprint density at radius 1 is 1.17 bits per heavy atom. The highest BCUT2D eigenvalue weighted by molar-refractivity contribution is 7.99. The van der Waals surface area contributed by atoms with E-state index in [1.807, 2.05) is 17.5 Å². The van der Waals surface area contributed by atoms with Gasteiger partial charge in [0.05, 0.1) is 15.5 Å². The molecular formula is C19H21N5O3S3. The summed E-state index contributed by atoms with van der Waals surface area (Å²) in [5, 5.41) is 12.2. The fraction of sp³-hybridized carbons (Fsp3) is 0.316. The standard InChI is InChI=1S/C19H21N5O3S3/c25-17(13-29-19-21-18(22-23-19)16-5-4-12-28-16)20-14-6-8-15(9-7-14)30(26,27)24-10-2-1-3-11-24/h4-9,12H,1-3,10-11,13H2,(H,20,25)(H,21,22,23). The Hall–Kier alpha value is -2.21. The molecule has 3 aromatic rings. The number of aromatic amines is 1. The largest absolute Gasteiger partial charge is 0.325 e. The van der Waals surface area contributed by atoms with Gasteiger partial charge in [0.15, 0.2) is 5.82 Å². The molecule has 2 aromatic heterocycles. The molecule has 0 unspecified atom stereocenters. The van der Waals surface area contributed by atoms with Crippen molar-refractivity contribution in [3.8, 4) is 10.7 Å². The monoisotopic (exact) mass is 463 g/mol. The fourth-order valence-electron chi connectivity index (χ4n) is 3.13. The molecule has 0 aliphatic carbocycles. The molecule has 0 saturated carbocycles. The van der Waals surface area contributed by atoms with Crippen LogP contribution in [0.4, 0.5) is 5.69 Å². The van der Waals surface area contributed by atoms with Crippen molar-refractivity contribution >= 4 is 44.7 Å². The summed E-state index contributed by atoms with van der Waals surface area (Å²) in [6, 6.07) is 10.2. The predicted octanol–water partition coefficient (Wildman–Crippen LogP) is 3.44. The Kier molecular flexibility index (Phi) is 6.52. The van der Waals surface area contributed by atoms with E-state index in [0.29, 0.717) is 29.8 Å². The van der Waals surface area contributed by atoms with Crippen LogP contribution in [0.1, 0.15) is 19.3 Å². The van der Waals surface area contributed by atoms with Crippen molar-refractivity contribution in [3.63, 3.8) is 0 Å². The molecule has 2 N–H and O–H groups in total. The number of carbonyl (C=O) groups is 1. The summed E-state index contributed by atoms with van der Waals surface area (Å²) in [5.74, 6) is 0.614. The highest BCUT2D eigenvalue weighted by Gasteiger charge is 2.25. The average Bonchev–Trinajstić information content (AvgIpc) is 3.45. The number of hydrogen-bond acceptors (Lipinski definition) is 7. The van der Waals surface area contributed by atoms with Gasteiger partial charge in [0.2, 0.25) is 21.1 Å². The van der Waals surface area contributed by atoms with Crippen LogP contribution in [0.3, 0.4) is 0 Å². The summed E-state index contributed by atoms with van der Waals surface area (Å²) >= 11 is 2.79. The van der Waals surface area contributed by atoms with E-state index in [1.54, 1.807) is 23.5 Å². The number of anilines is 1. The lowest BCUT2D eigenvalue weighted by Crippen LogP contribution is -2.35. The zero-order valence-electron chi connectivity index (χ0n) is 16.1. The number of carbonyl (C=O) groups excluding carboxylic acids is 1. The number of thiophene rings is 1. The molecular weight excluding hydrogens is 442 g/mol. The van der Waals surface area contributed by atoms with E-state index in [0.717, 1.165) is 24.1 Å². The van der Waals surface area contributed by atoms with Crippen LogP contribution in [0.15, 0.2) is 51.8 Å². The number of aromatic nitrogens is 3. The Bertz CT molecular complexity index is 1090. The van der Waals surface area contributed by atoms with Gasteiger partial charge in [0, 0.05) is 18.8 Å². The van der Waals surface area contributed by atoms with Crippen molar-refractivity contribution in [1.82, 2.24) is 19.5 Å². The first-order valence-electron chi connectivity index (χ1n) is 9.51. The van der Waals surface area contributed by atoms with Crippen molar-refractivity contribution in [2.75, 3.05) is 24.2 Å². The number of sulfonamides is 1. The van der Waals surface area contributed by atoms with Gasteiger partial charge in [0.25, 0.3) is 0 Å². The molecule has 1 aromatic carbocycles. The molecule has 1 aliphatic rings. The Morgan fingerprint density at radius 3 is 2.63 bits per heavy atom. The number of piperidine rings is 1. The van der Waals surface area contributed by atoms with Gasteiger partial charge in [-0.2, -0.15) is 4.31 Å². The molecule has 0 spiro atoms. The third-order valence-electron chi connectivity index (χ3n) is 4.64. The SMILES string of the molecule is O=C(CSc1n[nH]c(-c2cccs2)n1)Nc1ccc(S(=O)(=O)N2CCCCC2)cc1. The number of benzene rings is 1. The van der Waals surface area contributed by atoms with Gasteiger partial charge in [-0.3, -0.25) is 9.89 Å². The molecule has 11 heteroatoms. The van der Waals surface area contributed by atoms with Gasteiger partial charge >= 0.3 is 0 Å². The second-order valence-corrected chi connectivity index (χ2v) is 10.6. The van der Waals surface area contributed by atoms with Crippen molar-refractivity contribution in [3.05, 3.63) is 41.8 Å². The van der Waals surface area contributed by atoms with Crippen molar-refractivity contribution in [2.24, 2.45) is 0 Å². The van der Waals surface area contributed by atoms with Crippen LogP contribution in [-0.4, -0.2) is 52.7 Å². The number of nitrogens with one attached hydrogen (secondary N) is 2. The fourth-order valence-corrected chi connectivity index (χ4v) is 5.91. The molecule has 3 heterocycles. The van der Waals surface area contributed by atoms with Crippen LogP contribution in [0.25, 0.3) is 10.7 Å². The molecule has 4 rings (SSSR count). The predicted molar refractivity (Wildman–Crippen MR) is 118 cm³/mol. The maximum absolute atomic E-state index is 12.7. The summed E-state index contributed by atoms with van der Waals surface area (Å²) in [5.41, 5.74) is 0.549. The highest BCUT2D eigenvalue weighted by Crippen LogP contribution is 2.24. The van der Waals surface area contributed by atoms with Crippen LogP contribution < -0.4 is 5.32 Å². The summed E-state index contributed by atoms with van der Waals surface area (Å²) in [7, 11) is -3.47. The third-order valence-corrected chi connectivity index (χ3v) is 8.28. The van der Waals surface area contributed by atoms with Gasteiger partial charge in [0.1, 0.15) is 0 Å². The van der Waals surface area contributed by atoms with Crippen LogP contribution >= 0.6 is 23.1 Å². The molecule has 0 bridgehead atoms. The van der Waals surface area contributed by atoms with E-state index >= 15 is 0 Å². The first-order valence-corrected chi connectivity index (χ1v) is 12.8. The first kappa shape index (κ1) is 21.0. The summed E-state index contributed by atoms with van der Waals surface area (Å²) in [6.07, 6.45) is 2.85. The molecule has 1 amide bonds. The minimum Gasteiger partial charge on any atom is -0.325 e. The van der Waals surface area contributed by atoms with E-state index < -0.39 is 10.0 Å². The maximum atomic E-state index is 12.7. The number of thioether (sulfide) groups is 1. The molecule has 1 fully saturated rings. The molecule has 30 heavy (non-hydrogen) atoms. The van der Waals surface area contributed by atoms with Crippen molar-refractivity contribution < 1.29 is 13.2 Å². The van der Waals surface area contributed by atoms with E-state index in [1.165, 1.54) is 28.2 Å². The van der Waals surface area contributed by atoms with Gasteiger partial charge in [-0.05, 0) is 48.6 Å². The average molecular weight is 464 g/mol. The maximum Gasteiger partial charge on any atom is 0.243 e. The Balaban J connectivity index is 1.31.